The fraction of sp³-hybridized carbons (Fsp3) is 0. The smallest absolute Gasteiger partial charge is 0.262 e. The third kappa shape index (κ3) is 3.74. The molecule has 0 heterocycles. The van der Waals surface area contributed by atoms with Crippen LogP contribution < -0.4 is 4.72 Å². The molecule has 0 aliphatic carbocycles. The molecule has 2 aromatic carbocycles. The van der Waals surface area contributed by atoms with Crippen LogP contribution in [-0.4, -0.2) is 8.42 Å². The summed E-state index contributed by atoms with van der Waals surface area (Å²) in [4.78, 5) is -0.137. The van der Waals surface area contributed by atoms with E-state index >= 15 is 0 Å². The van der Waals surface area contributed by atoms with Gasteiger partial charge in [0.2, 0.25) is 0 Å². The van der Waals surface area contributed by atoms with Crippen molar-refractivity contribution in [1.29, 1.82) is 0 Å². The largest absolute Gasteiger partial charge is 0.277 e. The third-order valence-corrected chi connectivity index (χ3v) is 5.64. The van der Waals surface area contributed by atoms with E-state index in [1.165, 1.54) is 18.2 Å². The molecule has 0 bridgehead atoms. The van der Waals surface area contributed by atoms with Crippen molar-refractivity contribution in [3.05, 3.63) is 55.9 Å². The molecule has 0 fully saturated rings. The normalized spacial score (nSPS) is 11.5. The predicted molar refractivity (Wildman–Crippen MR) is 84.0 cm³/mol. The van der Waals surface area contributed by atoms with Crippen LogP contribution in [0, 0.1) is 11.6 Å². The summed E-state index contributed by atoms with van der Waals surface area (Å²) in [6.45, 7) is 0. The Morgan fingerprint density at radius 3 is 2.29 bits per heavy atom. The summed E-state index contributed by atoms with van der Waals surface area (Å²) in [6.07, 6.45) is 0. The molecule has 0 amide bonds. The number of anilines is 1. The molecule has 0 aliphatic heterocycles. The van der Waals surface area contributed by atoms with E-state index in [1.807, 2.05) is 4.72 Å². The van der Waals surface area contributed by atoms with Crippen LogP contribution in [0.2, 0.25) is 5.02 Å². The van der Waals surface area contributed by atoms with Gasteiger partial charge in [-0.05, 0) is 56.1 Å². The van der Waals surface area contributed by atoms with Crippen molar-refractivity contribution in [2.75, 3.05) is 4.72 Å². The Bertz CT molecular complexity index is 815. The highest BCUT2D eigenvalue weighted by Gasteiger charge is 2.18. The van der Waals surface area contributed by atoms with Crippen molar-refractivity contribution in [2.24, 2.45) is 0 Å². The SMILES string of the molecule is O=S(=O)(Nc1cc(F)c(Br)cc1F)c1ccc(Cl)c(Br)c1. The van der Waals surface area contributed by atoms with Gasteiger partial charge in [0.15, 0.2) is 0 Å². The van der Waals surface area contributed by atoms with E-state index in [9.17, 15) is 17.2 Å². The molecule has 112 valence electrons. The lowest BCUT2D eigenvalue weighted by Crippen LogP contribution is -2.14. The molecule has 0 saturated heterocycles. The van der Waals surface area contributed by atoms with Crippen LogP contribution in [0.15, 0.2) is 44.2 Å². The Hall–Kier alpha value is -0.700. The van der Waals surface area contributed by atoms with E-state index in [1.54, 1.807) is 0 Å². The van der Waals surface area contributed by atoms with Gasteiger partial charge in [-0.25, -0.2) is 17.2 Å². The Balaban J connectivity index is 2.42. The van der Waals surface area contributed by atoms with Gasteiger partial charge in [-0.3, -0.25) is 4.72 Å². The first kappa shape index (κ1) is 16.7. The summed E-state index contributed by atoms with van der Waals surface area (Å²) in [5.41, 5.74) is -0.484. The van der Waals surface area contributed by atoms with E-state index in [2.05, 4.69) is 31.9 Å². The van der Waals surface area contributed by atoms with E-state index in [0.717, 1.165) is 12.1 Å². The van der Waals surface area contributed by atoms with E-state index in [0.29, 0.717) is 9.50 Å². The highest BCUT2D eigenvalue weighted by atomic mass is 79.9. The second-order valence-electron chi connectivity index (χ2n) is 3.93. The highest BCUT2D eigenvalue weighted by Crippen LogP contribution is 2.28. The molecule has 0 aromatic heterocycles. The summed E-state index contributed by atoms with van der Waals surface area (Å²) in [6, 6.07) is 5.48. The minimum atomic E-state index is -4.07. The highest BCUT2D eigenvalue weighted by molar-refractivity contribution is 9.10. The lowest BCUT2D eigenvalue weighted by Gasteiger charge is -2.10. The maximum Gasteiger partial charge on any atom is 0.262 e. The summed E-state index contributed by atoms with van der Waals surface area (Å²) >= 11 is 11.7. The van der Waals surface area contributed by atoms with Crippen LogP contribution in [0.5, 0.6) is 0 Å². The quantitative estimate of drug-likeness (QED) is 0.658. The molecule has 0 unspecified atom stereocenters. The number of hydrogen-bond acceptors (Lipinski definition) is 2. The van der Waals surface area contributed by atoms with Gasteiger partial charge in [0.1, 0.15) is 11.6 Å². The van der Waals surface area contributed by atoms with Crippen LogP contribution in [0.25, 0.3) is 0 Å². The number of sulfonamides is 1. The first-order valence-corrected chi connectivity index (χ1v) is 8.78. The van der Waals surface area contributed by atoms with Crippen LogP contribution in [0.4, 0.5) is 14.5 Å². The Morgan fingerprint density at radius 1 is 1.00 bits per heavy atom. The maximum absolute atomic E-state index is 13.7. The average Bonchev–Trinajstić information content (AvgIpc) is 2.39. The number of rotatable bonds is 3. The van der Waals surface area contributed by atoms with E-state index in [4.69, 9.17) is 11.6 Å². The molecule has 0 radical (unpaired) electrons. The van der Waals surface area contributed by atoms with Gasteiger partial charge in [-0.2, -0.15) is 0 Å². The van der Waals surface area contributed by atoms with Crippen molar-refractivity contribution >= 4 is 59.2 Å². The molecule has 9 heteroatoms. The van der Waals surface area contributed by atoms with Crippen LogP contribution in [0.3, 0.4) is 0 Å². The first-order chi connectivity index (χ1) is 9.70. The number of hydrogen-bond donors (Lipinski definition) is 1. The summed E-state index contributed by atoms with van der Waals surface area (Å²) < 4.78 is 53.6. The number of nitrogens with one attached hydrogen (secondary N) is 1. The molecular formula is C12H6Br2ClF2NO2S. The van der Waals surface area contributed by atoms with Gasteiger partial charge in [0.05, 0.1) is 20.1 Å². The molecule has 2 aromatic rings. The van der Waals surface area contributed by atoms with Crippen molar-refractivity contribution < 1.29 is 17.2 Å². The van der Waals surface area contributed by atoms with Crippen LogP contribution in [0.1, 0.15) is 0 Å². The van der Waals surface area contributed by atoms with Gasteiger partial charge in [0, 0.05) is 10.5 Å². The molecule has 0 atom stereocenters. The minimum absolute atomic E-state index is 0.0998. The molecular weight excluding hydrogens is 455 g/mol. The topological polar surface area (TPSA) is 46.2 Å². The van der Waals surface area contributed by atoms with Crippen molar-refractivity contribution in [3.8, 4) is 0 Å². The zero-order valence-corrected chi connectivity index (χ0v) is 14.7. The lowest BCUT2D eigenvalue weighted by atomic mass is 10.3. The van der Waals surface area contributed by atoms with Gasteiger partial charge in [-0.1, -0.05) is 11.6 Å². The van der Waals surface area contributed by atoms with E-state index in [-0.39, 0.29) is 9.37 Å². The molecule has 1 N–H and O–H groups in total. The zero-order valence-electron chi connectivity index (χ0n) is 10.0. The Kier molecular flexibility index (Phi) is 4.92. The molecule has 2 rings (SSSR count). The molecule has 0 spiro atoms. The van der Waals surface area contributed by atoms with Crippen molar-refractivity contribution in [3.63, 3.8) is 0 Å². The molecule has 3 nitrogen and oxygen atoms in total. The fourth-order valence-corrected chi connectivity index (χ4v) is 3.50. The van der Waals surface area contributed by atoms with Gasteiger partial charge >= 0.3 is 0 Å². The zero-order chi connectivity index (χ0) is 15.8. The van der Waals surface area contributed by atoms with Gasteiger partial charge in [-0.15, -0.1) is 0 Å². The standard InChI is InChI=1S/C12H6Br2ClF2NO2S/c13-7-3-6(1-2-9(7)15)21(19,20)18-12-5-10(16)8(14)4-11(12)17/h1-5,18H. The average molecular weight is 462 g/mol. The molecule has 0 aliphatic rings. The Morgan fingerprint density at radius 2 is 1.67 bits per heavy atom. The lowest BCUT2D eigenvalue weighted by molar-refractivity contribution is 0.591. The predicted octanol–water partition coefficient (Wildman–Crippen LogP) is 4.94. The van der Waals surface area contributed by atoms with Crippen molar-refractivity contribution in [1.82, 2.24) is 0 Å². The molecule has 0 saturated carbocycles. The van der Waals surface area contributed by atoms with Crippen molar-refractivity contribution in [2.45, 2.75) is 4.90 Å². The second-order valence-corrected chi connectivity index (χ2v) is 7.73. The number of halogens is 5. The summed E-state index contributed by atoms with van der Waals surface area (Å²) in [5.74, 6) is -1.69. The minimum Gasteiger partial charge on any atom is -0.277 e. The molecule has 21 heavy (non-hydrogen) atoms. The summed E-state index contributed by atoms with van der Waals surface area (Å²) in [7, 11) is -4.07. The number of benzene rings is 2. The summed E-state index contributed by atoms with van der Waals surface area (Å²) in [5, 5.41) is 0.329. The van der Waals surface area contributed by atoms with Crippen LogP contribution >= 0.6 is 43.5 Å². The first-order valence-electron chi connectivity index (χ1n) is 5.33. The maximum atomic E-state index is 13.7. The Labute approximate surface area is 141 Å². The third-order valence-electron chi connectivity index (χ3n) is 2.46. The van der Waals surface area contributed by atoms with Crippen LogP contribution in [-0.2, 0) is 10.0 Å². The van der Waals surface area contributed by atoms with E-state index < -0.39 is 27.3 Å². The second kappa shape index (κ2) is 6.20. The monoisotopic (exact) mass is 459 g/mol. The van der Waals surface area contributed by atoms with Gasteiger partial charge < -0.3 is 0 Å². The van der Waals surface area contributed by atoms with Gasteiger partial charge in [0.25, 0.3) is 10.0 Å². The fourth-order valence-electron chi connectivity index (χ4n) is 1.45.